The van der Waals surface area contributed by atoms with E-state index in [1.165, 1.54) is 132 Å². The van der Waals surface area contributed by atoms with Crippen molar-refractivity contribution in [2.24, 2.45) is 0 Å². The molecule has 0 saturated carbocycles. The summed E-state index contributed by atoms with van der Waals surface area (Å²) in [4.78, 5) is 2.59. The standard InChI is InChI=1S/C72H47N/c1-71(2)64-27-13-9-25-57(64)62-39-46(34-38-65(62)71)60-42-63-58-26-12-16-30-68(58)72(66-28-14-10-23-55(66)56-24-11-15-29-67(56)72)69(63)43-70(60)73(47-35-33-45-32-31-44-17-3-4-18-49(44)59(45)40-47)48-36-37-54-52-21-6-5-19-50(52)51-20-7-8-22-53(51)61(54)41-48/h3-43H,1-2H3. The van der Waals surface area contributed by atoms with Gasteiger partial charge in [-0.15, -0.1) is 0 Å². The summed E-state index contributed by atoms with van der Waals surface area (Å²) in [7, 11) is 0. The SMILES string of the molecule is CC1(C)c2ccccc2-c2cc(-c3cc4c(cc3N(c3ccc5ccc6ccccc6c5c3)c3ccc5c6ccccc6c6ccccc6c5c3)C3(c5ccccc5-c5ccccc53)c3ccccc3-4)ccc21. The Balaban J connectivity index is 1.06. The van der Waals surface area contributed by atoms with Gasteiger partial charge in [0.2, 0.25) is 0 Å². The molecule has 0 bridgehead atoms. The fraction of sp³-hybridized carbons (Fsp3) is 0.0556. The second kappa shape index (κ2) is 14.8. The van der Waals surface area contributed by atoms with Crippen LogP contribution in [0.1, 0.15) is 47.2 Å². The van der Waals surface area contributed by atoms with Crippen LogP contribution < -0.4 is 4.90 Å². The molecule has 3 aliphatic rings. The summed E-state index contributed by atoms with van der Waals surface area (Å²) in [6.07, 6.45) is 0. The van der Waals surface area contributed by atoms with Crippen LogP contribution in [-0.4, -0.2) is 0 Å². The van der Waals surface area contributed by atoms with Crippen molar-refractivity contribution in [1.82, 2.24) is 0 Å². The second-order valence-electron chi connectivity index (χ2n) is 21.1. The van der Waals surface area contributed by atoms with Gasteiger partial charge in [0.15, 0.2) is 0 Å². The zero-order chi connectivity index (χ0) is 48.2. The molecule has 13 aromatic rings. The fourth-order valence-electron chi connectivity index (χ4n) is 14.0. The Morgan fingerprint density at radius 2 is 0.685 bits per heavy atom. The first-order valence-corrected chi connectivity index (χ1v) is 25.7. The van der Waals surface area contributed by atoms with Gasteiger partial charge in [0.25, 0.3) is 0 Å². The predicted molar refractivity (Wildman–Crippen MR) is 308 cm³/mol. The number of fused-ring (bicyclic) bond motifs is 22. The van der Waals surface area contributed by atoms with E-state index in [0.29, 0.717) is 0 Å². The Hall–Kier alpha value is -9.04. The fourth-order valence-corrected chi connectivity index (χ4v) is 14.0. The van der Waals surface area contributed by atoms with Crippen LogP contribution in [0.4, 0.5) is 17.1 Å². The van der Waals surface area contributed by atoms with Crippen LogP contribution in [0.5, 0.6) is 0 Å². The molecule has 0 radical (unpaired) electrons. The maximum absolute atomic E-state index is 2.60. The second-order valence-corrected chi connectivity index (χ2v) is 21.1. The van der Waals surface area contributed by atoms with Gasteiger partial charge in [-0.3, -0.25) is 0 Å². The lowest BCUT2D eigenvalue weighted by molar-refractivity contribution is 0.660. The lowest BCUT2D eigenvalue weighted by Gasteiger charge is -2.33. The monoisotopic (exact) mass is 925 g/mol. The molecule has 0 unspecified atom stereocenters. The molecule has 3 aliphatic carbocycles. The van der Waals surface area contributed by atoms with Crippen molar-refractivity contribution in [1.29, 1.82) is 0 Å². The topological polar surface area (TPSA) is 3.24 Å². The molecule has 1 heteroatoms. The third-order valence-corrected chi connectivity index (χ3v) is 17.2. The summed E-state index contributed by atoms with van der Waals surface area (Å²) in [6.45, 7) is 4.76. The molecule has 0 heterocycles. The summed E-state index contributed by atoms with van der Waals surface area (Å²) in [5, 5.41) is 12.5. The Morgan fingerprint density at radius 3 is 1.32 bits per heavy atom. The third-order valence-electron chi connectivity index (χ3n) is 17.2. The highest BCUT2D eigenvalue weighted by molar-refractivity contribution is 6.26. The van der Waals surface area contributed by atoms with E-state index < -0.39 is 5.41 Å². The molecular formula is C72H47N. The van der Waals surface area contributed by atoms with Gasteiger partial charge in [0, 0.05) is 22.4 Å². The first-order chi connectivity index (χ1) is 36.0. The first-order valence-electron chi connectivity index (χ1n) is 25.7. The van der Waals surface area contributed by atoms with E-state index in [1.807, 2.05) is 0 Å². The normalized spacial score (nSPS) is 14.1. The minimum absolute atomic E-state index is 0.113. The van der Waals surface area contributed by atoms with E-state index in [-0.39, 0.29) is 5.41 Å². The molecular weight excluding hydrogens is 879 g/mol. The molecule has 0 fully saturated rings. The van der Waals surface area contributed by atoms with Gasteiger partial charge in [-0.25, -0.2) is 0 Å². The summed E-state index contributed by atoms with van der Waals surface area (Å²) < 4.78 is 0. The Bertz CT molecular complexity index is 4470. The maximum atomic E-state index is 2.60. The molecule has 0 aromatic heterocycles. The van der Waals surface area contributed by atoms with Crippen LogP contribution in [0, 0.1) is 0 Å². The van der Waals surface area contributed by atoms with Crippen LogP contribution in [-0.2, 0) is 10.8 Å². The van der Waals surface area contributed by atoms with Crippen LogP contribution in [0.2, 0.25) is 0 Å². The number of hydrogen-bond acceptors (Lipinski definition) is 1. The van der Waals surface area contributed by atoms with Crippen molar-refractivity contribution in [3.63, 3.8) is 0 Å². The van der Waals surface area contributed by atoms with Crippen molar-refractivity contribution in [2.75, 3.05) is 4.90 Å². The highest BCUT2D eigenvalue weighted by Crippen LogP contribution is 2.64. The molecule has 13 aromatic carbocycles. The van der Waals surface area contributed by atoms with Crippen molar-refractivity contribution >= 4 is 70.9 Å². The van der Waals surface area contributed by atoms with E-state index in [0.717, 1.165) is 17.1 Å². The van der Waals surface area contributed by atoms with Gasteiger partial charge < -0.3 is 4.90 Å². The minimum Gasteiger partial charge on any atom is -0.310 e. The lowest BCUT2D eigenvalue weighted by atomic mass is 9.70. The van der Waals surface area contributed by atoms with Crippen LogP contribution in [0.15, 0.2) is 249 Å². The molecule has 0 saturated heterocycles. The van der Waals surface area contributed by atoms with Gasteiger partial charge >= 0.3 is 0 Å². The van der Waals surface area contributed by atoms with Gasteiger partial charge in [-0.05, 0) is 169 Å². The molecule has 1 nitrogen and oxygen atoms in total. The molecule has 0 N–H and O–H groups in total. The highest BCUT2D eigenvalue weighted by atomic mass is 15.1. The number of anilines is 3. The summed E-state index contributed by atoms with van der Waals surface area (Å²) in [5.41, 5.74) is 21.0. The Morgan fingerprint density at radius 1 is 0.260 bits per heavy atom. The molecule has 0 aliphatic heterocycles. The number of hydrogen-bond donors (Lipinski definition) is 0. The van der Waals surface area contributed by atoms with Crippen LogP contribution in [0.3, 0.4) is 0 Å². The number of rotatable bonds is 4. The lowest BCUT2D eigenvalue weighted by Crippen LogP contribution is -2.26. The molecule has 0 amide bonds. The van der Waals surface area contributed by atoms with Gasteiger partial charge in [-0.2, -0.15) is 0 Å². The Kier molecular flexibility index (Phi) is 8.22. The zero-order valence-electron chi connectivity index (χ0n) is 40.6. The molecule has 340 valence electrons. The summed E-state index contributed by atoms with van der Waals surface area (Å²) in [6, 6.07) is 94.6. The average Bonchev–Trinajstić information content (AvgIpc) is 4.01. The van der Waals surface area contributed by atoms with Crippen molar-refractivity contribution < 1.29 is 0 Å². The molecule has 73 heavy (non-hydrogen) atoms. The molecule has 1 spiro atoms. The minimum atomic E-state index is -0.531. The smallest absolute Gasteiger partial charge is 0.0726 e. The maximum Gasteiger partial charge on any atom is 0.0726 e. The number of nitrogens with zero attached hydrogens (tertiary/aromatic N) is 1. The molecule has 0 atom stereocenters. The quantitative estimate of drug-likeness (QED) is 0.159. The zero-order valence-corrected chi connectivity index (χ0v) is 40.6. The number of benzene rings is 13. The summed E-state index contributed by atoms with van der Waals surface area (Å²) in [5.74, 6) is 0. The highest BCUT2D eigenvalue weighted by Gasteiger charge is 2.52. The average molecular weight is 926 g/mol. The van der Waals surface area contributed by atoms with Crippen molar-refractivity contribution in [2.45, 2.75) is 24.7 Å². The van der Waals surface area contributed by atoms with Crippen molar-refractivity contribution in [3.05, 3.63) is 282 Å². The van der Waals surface area contributed by atoms with Crippen LogP contribution >= 0.6 is 0 Å². The van der Waals surface area contributed by atoms with E-state index in [9.17, 15) is 0 Å². The van der Waals surface area contributed by atoms with E-state index in [2.05, 4.69) is 267 Å². The Labute approximate surface area is 424 Å². The van der Waals surface area contributed by atoms with Gasteiger partial charge in [-0.1, -0.05) is 220 Å². The van der Waals surface area contributed by atoms with Crippen LogP contribution in [0.25, 0.3) is 98.4 Å². The predicted octanol–water partition coefficient (Wildman–Crippen LogP) is 19.2. The first kappa shape index (κ1) is 40.7. The van der Waals surface area contributed by atoms with E-state index in [4.69, 9.17) is 0 Å². The van der Waals surface area contributed by atoms with Gasteiger partial charge in [0.05, 0.1) is 11.1 Å². The van der Waals surface area contributed by atoms with E-state index in [1.54, 1.807) is 0 Å². The molecule has 16 rings (SSSR count). The summed E-state index contributed by atoms with van der Waals surface area (Å²) >= 11 is 0. The van der Waals surface area contributed by atoms with E-state index >= 15 is 0 Å². The third kappa shape index (κ3) is 5.41. The van der Waals surface area contributed by atoms with Gasteiger partial charge in [0.1, 0.15) is 0 Å². The largest absolute Gasteiger partial charge is 0.310 e. The van der Waals surface area contributed by atoms with Crippen molar-refractivity contribution in [3.8, 4) is 44.5 Å².